The van der Waals surface area contributed by atoms with E-state index in [-0.39, 0.29) is 18.0 Å². The molecule has 0 saturated carbocycles. The molecule has 3 fully saturated rings. The third-order valence-electron chi connectivity index (χ3n) is 5.45. The molecule has 0 aliphatic carbocycles. The second kappa shape index (κ2) is 7.82. The summed E-state index contributed by atoms with van der Waals surface area (Å²) >= 11 is 1.22. The molecular formula is C19H25N5O2S. The van der Waals surface area contributed by atoms with Crippen LogP contribution < -0.4 is 16.0 Å². The molecule has 8 heteroatoms. The minimum atomic E-state index is -0.230. The molecule has 5 rings (SSSR count). The van der Waals surface area contributed by atoms with E-state index in [1.165, 1.54) is 24.4 Å². The lowest BCUT2D eigenvalue weighted by Crippen LogP contribution is -2.57. The number of nitrogens with zero attached hydrogens (tertiary/aromatic N) is 2. The van der Waals surface area contributed by atoms with Gasteiger partial charge in [0.25, 0.3) is 5.91 Å². The van der Waals surface area contributed by atoms with Crippen LogP contribution in [0.2, 0.25) is 0 Å². The Balaban J connectivity index is 1.45. The average molecular weight is 388 g/mol. The van der Waals surface area contributed by atoms with Gasteiger partial charge in [-0.2, -0.15) is 4.37 Å². The van der Waals surface area contributed by atoms with E-state index in [9.17, 15) is 9.59 Å². The molecule has 3 N–H and O–H groups in total. The first-order valence-electron chi connectivity index (χ1n) is 9.61. The number of aromatic nitrogens is 1. The fourth-order valence-corrected chi connectivity index (χ4v) is 4.71. The first kappa shape index (κ1) is 18.2. The Hall–Kier alpha value is -2.19. The molecule has 1 aromatic heterocycles. The predicted molar refractivity (Wildman–Crippen MR) is 107 cm³/mol. The molecule has 7 nitrogen and oxygen atoms in total. The number of carbonyl (C=O) groups excluding carboxylic acids is 2. The van der Waals surface area contributed by atoms with Crippen LogP contribution in [0.25, 0.3) is 10.9 Å². The first-order chi connectivity index (χ1) is 13.1. The number of rotatable bonds is 5. The minimum absolute atomic E-state index is 0.0392. The standard InChI is InChI=1S/C19H25N5O2S/c1-2-7-20-19(26)21-13-3-4-14-15(10-13)23-27-17(14)18(25)22-16-11-24-8-5-12(16)6-9-24/h3-4,10,12,16H,2,5-9,11H2,1H3,(H,22,25)(H2,20,21,26)/t16-/m1/s1. The van der Waals surface area contributed by atoms with Crippen molar-refractivity contribution in [1.29, 1.82) is 0 Å². The number of urea groups is 1. The van der Waals surface area contributed by atoms with Gasteiger partial charge in [-0.15, -0.1) is 0 Å². The lowest BCUT2D eigenvalue weighted by atomic mass is 9.84. The highest BCUT2D eigenvalue weighted by Gasteiger charge is 2.35. The monoisotopic (exact) mass is 387 g/mol. The van der Waals surface area contributed by atoms with Crippen LogP contribution in [0.1, 0.15) is 35.9 Å². The van der Waals surface area contributed by atoms with E-state index in [4.69, 9.17) is 0 Å². The van der Waals surface area contributed by atoms with Gasteiger partial charge in [0.15, 0.2) is 0 Å². The zero-order chi connectivity index (χ0) is 18.8. The number of benzene rings is 1. The molecule has 0 unspecified atom stereocenters. The molecule has 3 aliphatic rings. The number of amides is 3. The van der Waals surface area contributed by atoms with E-state index in [2.05, 4.69) is 25.2 Å². The van der Waals surface area contributed by atoms with E-state index in [1.54, 1.807) is 0 Å². The van der Waals surface area contributed by atoms with Crippen molar-refractivity contribution >= 4 is 40.1 Å². The summed E-state index contributed by atoms with van der Waals surface area (Å²) in [5.41, 5.74) is 1.40. The lowest BCUT2D eigenvalue weighted by molar-refractivity contribution is 0.0623. The van der Waals surface area contributed by atoms with Crippen molar-refractivity contribution < 1.29 is 9.59 Å². The van der Waals surface area contributed by atoms with E-state index in [0.717, 1.165) is 37.0 Å². The van der Waals surface area contributed by atoms with Crippen molar-refractivity contribution in [3.63, 3.8) is 0 Å². The third kappa shape index (κ3) is 3.91. The highest BCUT2D eigenvalue weighted by Crippen LogP contribution is 2.29. The van der Waals surface area contributed by atoms with E-state index >= 15 is 0 Å². The van der Waals surface area contributed by atoms with Crippen LogP contribution in [0, 0.1) is 5.92 Å². The molecule has 0 spiro atoms. The maximum absolute atomic E-state index is 12.8. The zero-order valence-electron chi connectivity index (χ0n) is 15.5. The Labute approximate surface area is 162 Å². The Morgan fingerprint density at radius 2 is 2.11 bits per heavy atom. The minimum Gasteiger partial charge on any atom is -0.347 e. The SMILES string of the molecule is CCCNC(=O)Nc1ccc2c(C(=O)N[C@@H]3CN4CCC3CC4)snc2c1. The Bertz CT molecular complexity index is 844. The first-order valence-corrected chi connectivity index (χ1v) is 10.4. The molecule has 2 bridgehead atoms. The van der Waals surface area contributed by atoms with Gasteiger partial charge in [-0.05, 0) is 68.0 Å². The normalized spacial score (nSPS) is 24.0. The second-order valence-corrected chi connectivity index (χ2v) is 8.12. The van der Waals surface area contributed by atoms with Gasteiger partial charge in [-0.3, -0.25) is 4.79 Å². The molecule has 27 heavy (non-hydrogen) atoms. The van der Waals surface area contributed by atoms with Crippen molar-refractivity contribution in [2.75, 3.05) is 31.5 Å². The summed E-state index contributed by atoms with van der Waals surface area (Å²) in [4.78, 5) is 27.7. The van der Waals surface area contributed by atoms with Crippen molar-refractivity contribution in [3.05, 3.63) is 23.1 Å². The molecule has 1 atom stereocenters. The highest BCUT2D eigenvalue weighted by molar-refractivity contribution is 7.09. The maximum Gasteiger partial charge on any atom is 0.319 e. The summed E-state index contributed by atoms with van der Waals surface area (Å²) in [5.74, 6) is 0.554. The quantitative estimate of drug-likeness (QED) is 0.736. The van der Waals surface area contributed by atoms with E-state index in [0.29, 0.717) is 23.0 Å². The smallest absolute Gasteiger partial charge is 0.319 e. The molecule has 1 aromatic carbocycles. The van der Waals surface area contributed by atoms with Crippen LogP contribution in [-0.2, 0) is 0 Å². The second-order valence-electron chi connectivity index (χ2n) is 7.34. The summed E-state index contributed by atoms with van der Waals surface area (Å²) in [7, 11) is 0. The van der Waals surface area contributed by atoms with Crippen molar-refractivity contribution in [2.45, 2.75) is 32.2 Å². The molecule has 3 amide bonds. The fraction of sp³-hybridized carbons (Fsp3) is 0.526. The molecular weight excluding hydrogens is 362 g/mol. The van der Waals surface area contributed by atoms with Crippen LogP contribution in [0.15, 0.2) is 18.2 Å². The number of anilines is 1. The number of fused-ring (bicyclic) bond motifs is 4. The Kier molecular flexibility index (Phi) is 5.27. The van der Waals surface area contributed by atoms with Crippen LogP contribution in [0.4, 0.5) is 10.5 Å². The molecule has 2 aromatic rings. The molecule has 0 radical (unpaired) electrons. The highest BCUT2D eigenvalue weighted by atomic mass is 32.1. The third-order valence-corrected chi connectivity index (χ3v) is 6.33. The predicted octanol–water partition coefficient (Wildman–Crippen LogP) is 2.65. The van der Waals surface area contributed by atoms with Crippen molar-refractivity contribution in [1.82, 2.24) is 19.9 Å². The van der Waals surface area contributed by atoms with Gasteiger partial charge < -0.3 is 20.9 Å². The summed E-state index contributed by atoms with van der Waals surface area (Å²) in [6.45, 7) is 5.90. The van der Waals surface area contributed by atoms with Gasteiger partial charge in [0.2, 0.25) is 0 Å². The summed E-state index contributed by atoms with van der Waals surface area (Å²) in [6.07, 6.45) is 3.23. The summed E-state index contributed by atoms with van der Waals surface area (Å²) in [5, 5.41) is 9.63. The average Bonchev–Trinajstić information content (AvgIpc) is 3.10. The van der Waals surface area contributed by atoms with Crippen molar-refractivity contribution in [3.8, 4) is 0 Å². The number of nitrogens with one attached hydrogen (secondary N) is 3. The number of carbonyl (C=O) groups is 2. The molecule has 144 valence electrons. The Morgan fingerprint density at radius 3 is 2.81 bits per heavy atom. The topological polar surface area (TPSA) is 86.4 Å². The largest absolute Gasteiger partial charge is 0.347 e. The van der Waals surface area contributed by atoms with Crippen LogP contribution in [0.5, 0.6) is 0 Å². The van der Waals surface area contributed by atoms with Crippen molar-refractivity contribution in [2.24, 2.45) is 5.92 Å². The van der Waals surface area contributed by atoms with E-state index in [1.807, 2.05) is 25.1 Å². The maximum atomic E-state index is 12.8. The lowest BCUT2D eigenvalue weighted by Gasteiger charge is -2.44. The summed E-state index contributed by atoms with van der Waals surface area (Å²) in [6, 6.07) is 5.49. The van der Waals surface area contributed by atoms with Gasteiger partial charge in [0.05, 0.1) is 5.52 Å². The fourth-order valence-electron chi connectivity index (χ4n) is 3.96. The van der Waals surface area contributed by atoms with Gasteiger partial charge in [-0.1, -0.05) is 6.92 Å². The summed E-state index contributed by atoms with van der Waals surface area (Å²) < 4.78 is 4.41. The Morgan fingerprint density at radius 1 is 1.30 bits per heavy atom. The molecule has 3 saturated heterocycles. The van der Waals surface area contributed by atoms with Crippen LogP contribution in [-0.4, -0.2) is 53.4 Å². The van der Waals surface area contributed by atoms with Gasteiger partial charge in [0, 0.05) is 30.2 Å². The number of hydrogen-bond donors (Lipinski definition) is 3. The van der Waals surface area contributed by atoms with Gasteiger partial charge in [0.1, 0.15) is 4.88 Å². The number of hydrogen-bond acceptors (Lipinski definition) is 5. The van der Waals surface area contributed by atoms with Gasteiger partial charge in [-0.25, -0.2) is 4.79 Å². The van der Waals surface area contributed by atoms with Crippen LogP contribution >= 0.6 is 11.5 Å². The number of piperidine rings is 3. The van der Waals surface area contributed by atoms with Gasteiger partial charge >= 0.3 is 6.03 Å². The zero-order valence-corrected chi connectivity index (χ0v) is 16.3. The van der Waals surface area contributed by atoms with Crippen LogP contribution in [0.3, 0.4) is 0 Å². The molecule has 4 heterocycles. The van der Waals surface area contributed by atoms with E-state index < -0.39 is 0 Å². The molecule has 3 aliphatic heterocycles.